The fourth-order valence-electron chi connectivity index (χ4n) is 1.80. The average molecular weight is 321 g/mol. The Morgan fingerprint density at radius 3 is 1.89 bits per heavy atom. The van der Waals surface area contributed by atoms with Crippen molar-refractivity contribution in [3.63, 3.8) is 0 Å². The first-order chi connectivity index (χ1) is 9.29. The maximum absolute atomic E-state index is 5.75. The number of halogens is 1. The Morgan fingerprint density at radius 1 is 1.00 bits per heavy atom. The van der Waals surface area contributed by atoms with E-state index < -0.39 is 0 Å². The molecule has 1 atom stereocenters. The summed E-state index contributed by atoms with van der Waals surface area (Å²) < 4.78 is 0. The normalized spacial score (nSPS) is 12.6. The van der Waals surface area contributed by atoms with Crippen LogP contribution in [0.15, 0.2) is 48.8 Å². The highest BCUT2D eigenvalue weighted by atomic mass is 79.9. The van der Waals surface area contributed by atoms with Crippen molar-refractivity contribution in [3.8, 4) is 0 Å². The highest BCUT2D eigenvalue weighted by Crippen LogP contribution is 2.14. The van der Waals surface area contributed by atoms with Crippen molar-refractivity contribution in [3.05, 3.63) is 60.2 Å². The minimum Gasteiger partial charge on any atom is -0.328 e. The molecule has 0 saturated heterocycles. The van der Waals surface area contributed by atoms with Gasteiger partial charge in [0.15, 0.2) is 0 Å². The Kier molecular flexibility index (Phi) is 5.44. The van der Waals surface area contributed by atoms with Gasteiger partial charge in [-0.3, -0.25) is 14.9 Å². The Labute approximate surface area is 121 Å². The molecule has 0 aliphatic carbocycles. The number of hydrogen-bond acceptors (Lipinski definition) is 4. The minimum absolute atomic E-state index is 0.108. The van der Waals surface area contributed by atoms with Gasteiger partial charge in [-0.15, -0.1) is 0 Å². The molecule has 2 aromatic rings. The fourth-order valence-corrected chi connectivity index (χ4v) is 2.09. The highest BCUT2D eigenvalue weighted by Gasteiger charge is 2.15. The molecule has 0 saturated carbocycles. The number of pyridine rings is 2. The van der Waals surface area contributed by atoms with Crippen LogP contribution in [0.4, 0.5) is 0 Å². The van der Waals surface area contributed by atoms with Crippen LogP contribution >= 0.6 is 15.9 Å². The van der Waals surface area contributed by atoms with Crippen LogP contribution in [-0.2, 0) is 13.1 Å². The second-order valence-electron chi connectivity index (χ2n) is 4.22. The van der Waals surface area contributed by atoms with E-state index in [0.717, 1.165) is 24.5 Å². The van der Waals surface area contributed by atoms with Crippen LogP contribution in [-0.4, -0.2) is 26.4 Å². The topological polar surface area (TPSA) is 55.0 Å². The molecule has 0 aliphatic rings. The Balaban J connectivity index is 2.08. The summed E-state index contributed by atoms with van der Waals surface area (Å²) in [6.07, 6.45) is 3.61. The molecule has 2 heterocycles. The van der Waals surface area contributed by atoms with Crippen LogP contribution in [0, 0.1) is 0 Å². The van der Waals surface area contributed by atoms with Crippen LogP contribution in [0.2, 0.25) is 0 Å². The first-order valence-corrected chi connectivity index (χ1v) is 7.09. The Morgan fingerprint density at radius 2 is 1.53 bits per heavy atom. The van der Waals surface area contributed by atoms with E-state index in [1.165, 1.54) is 0 Å². The van der Waals surface area contributed by atoms with E-state index in [2.05, 4.69) is 30.8 Å². The molecule has 2 rings (SSSR count). The van der Waals surface area contributed by atoms with Crippen molar-refractivity contribution in [1.29, 1.82) is 0 Å². The number of rotatable bonds is 6. The zero-order chi connectivity index (χ0) is 13.5. The van der Waals surface area contributed by atoms with Crippen LogP contribution < -0.4 is 5.73 Å². The van der Waals surface area contributed by atoms with E-state index >= 15 is 0 Å². The smallest absolute Gasteiger partial charge is 0.0786 e. The van der Waals surface area contributed by atoms with Gasteiger partial charge < -0.3 is 5.73 Å². The van der Waals surface area contributed by atoms with Gasteiger partial charge in [-0.2, -0.15) is 0 Å². The fraction of sp³-hybridized carbons (Fsp3) is 0.286. The lowest BCUT2D eigenvalue weighted by Gasteiger charge is -2.26. The molecule has 100 valence electrons. The van der Waals surface area contributed by atoms with Gasteiger partial charge in [-0.05, 0) is 24.3 Å². The third-order valence-corrected chi connectivity index (χ3v) is 3.73. The molecular formula is C14H17BrN4. The van der Waals surface area contributed by atoms with Gasteiger partial charge in [-0.25, -0.2) is 0 Å². The van der Waals surface area contributed by atoms with Crippen molar-refractivity contribution in [1.82, 2.24) is 14.9 Å². The number of nitrogens with two attached hydrogens (primary N) is 1. The van der Waals surface area contributed by atoms with Crippen molar-refractivity contribution < 1.29 is 0 Å². The summed E-state index contributed by atoms with van der Waals surface area (Å²) in [4.78, 5) is 11.0. The molecule has 19 heavy (non-hydrogen) atoms. The molecule has 0 bridgehead atoms. The van der Waals surface area contributed by atoms with Gasteiger partial charge in [0.05, 0.1) is 16.3 Å². The van der Waals surface area contributed by atoms with Gasteiger partial charge in [0.2, 0.25) is 0 Å². The minimum atomic E-state index is 0.108. The van der Waals surface area contributed by atoms with E-state index in [1.54, 1.807) is 12.4 Å². The molecule has 0 amide bonds. The number of nitrogens with zero attached hydrogens (tertiary/aromatic N) is 3. The molecule has 0 spiro atoms. The Hall–Kier alpha value is -1.30. The predicted molar refractivity (Wildman–Crippen MR) is 79.5 cm³/mol. The lowest BCUT2D eigenvalue weighted by molar-refractivity contribution is 0.240. The van der Waals surface area contributed by atoms with Gasteiger partial charge in [-0.1, -0.05) is 28.1 Å². The van der Waals surface area contributed by atoms with E-state index in [4.69, 9.17) is 5.73 Å². The van der Waals surface area contributed by atoms with E-state index in [1.807, 2.05) is 36.4 Å². The third kappa shape index (κ3) is 4.38. The quantitative estimate of drug-likeness (QED) is 0.654. The van der Waals surface area contributed by atoms with Crippen molar-refractivity contribution >= 4 is 15.9 Å². The largest absolute Gasteiger partial charge is 0.328 e. The molecule has 2 N–H and O–H groups in total. The number of alkyl halides is 1. The lowest BCUT2D eigenvalue weighted by Crippen LogP contribution is -2.35. The first kappa shape index (κ1) is 14.1. The summed E-state index contributed by atoms with van der Waals surface area (Å²) in [6.45, 7) is 2.02. The Bertz CT molecular complexity index is 436. The zero-order valence-corrected chi connectivity index (χ0v) is 12.2. The molecule has 0 radical (unpaired) electrons. The molecule has 2 aromatic heterocycles. The third-order valence-electron chi connectivity index (χ3n) is 2.77. The first-order valence-electron chi connectivity index (χ1n) is 6.17. The molecule has 5 heteroatoms. The second-order valence-corrected chi connectivity index (χ2v) is 5.27. The summed E-state index contributed by atoms with van der Waals surface area (Å²) in [7, 11) is 0. The van der Waals surface area contributed by atoms with Crippen LogP contribution in [0.5, 0.6) is 0 Å². The summed E-state index contributed by atoms with van der Waals surface area (Å²) in [5, 5.41) is 0. The lowest BCUT2D eigenvalue weighted by atomic mass is 10.3. The predicted octanol–water partition coefficient (Wildman–Crippen LogP) is 2.16. The van der Waals surface area contributed by atoms with E-state index in [-0.39, 0.29) is 4.95 Å². The zero-order valence-electron chi connectivity index (χ0n) is 10.6. The van der Waals surface area contributed by atoms with Crippen LogP contribution in [0.25, 0.3) is 0 Å². The second kappa shape index (κ2) is 7.33. The number of hydrogen-bond donors (Lipinski definition) is 1. The molecule has 0 fully saturated rings. The SMILES string of the molecule is NCC(Br)N(Cc1ccccn1)Cc1ccccn1. The van der Waals surface area contributed by atoms with E-state index in [9.17, 15) is 0 Å². The monoisotopic (exact) mass is 320 g/mol. The summed E-state index contributed by atoms with van der Waals surface area (Å²) in [5.41, 5.74) is 7.80. The van der Waals surface area contributed by atoms with Gasteiger partial charge >= 0.3 is 0 Å². The molecule has 4 nitrogen and oxygen atoms in total. The van der Waals surface area contributed by atoms with Gasteiger partial charge in [0.1, 0.15) is 0 Å². The summed E-state index contributed by atoms with van der Waals surface area (Å²) in [6, 6.07) is 11.9. The number of aromatic nitrogens is 2. The van der Waals surface area contributed by atoms with Gasteiger partial charge in [0.25, 0.3) is 0 Å². The van der Waals surface area contributed by atoms with Crippen molar-refractivity contribution in [2.75, 3.05) is 6.54 Å². The summed E-state index contributed by atoms with van der Waals surface area (Å²) >= 11 is 3.60. The molecule has 0 aromatic carbocycles. The van der Waals surface area contributed by atoms with Crippen LogP contribution in [0.3, 0.4) is 0 Å². The van der Waals surface area contributed by atoms with E-state index in [0.29, 0.717) is 6.54 Å². The molecule has 0 aliphatic heterocycles. The maximum atomic E-state index is 5.75. The van der Waals surface area contributed by atoms with Crippen molar-refractivity contribution in [2.45, 2.75) is 18.0 Å². The average Bonchev–Trinajstić information content (AvgIpc) is 2.48. The van der Waals surface area contributed by atoms with Crippen molar-refractivity contribution in [2.24, 2.45) is 5.73 Å². The molecular weight excluding hydrogens is 304 g/mol. The highest BCUT2D eigenvalue weighted by molar-refractivity contribution is 9.09. The molecule has 1 unspecified atom stereocenters. The summed E-state index contributed by atoms with van der Waals surface area (Å²) in [5.74, 6) is 0. The van der Waals surface area contributed by atoms with Gasteiger partial charge in [0, 0.05) is 32.0 Å². The standard InChI is InChI=1S/C14H17BrN4/c15-14(9-16)19(10-12-5-1-3-7-17-12)11-13-6-2-4-8-18-13/h1-8,14H,9-11,16H2. The maximum Gasteiger partial charge on any atom is 0.0786 e. The van der Waals surface area contributed by atoms with Crippen LogP contribution in [0.1, 0.15) is 11.4 Å².